The van der Waals surface area contributed by atoms with Gasteiger partial charge in [0.25, 0.3) is 0 Å². The summed E-state index contributed by atoms with van der Waals surface area (Å²) in [6.45, 7) is 4.28. The second-order valence-electron chi connectivity index (χ2n) is 3.29. The summed E-state index contributed by atoms with van der Waals surface area (Å²) in [5.41, 5.74) is 2.94. The third-order valence-corrected chi connectivity index (χ3v) is 1.91. The van der Waals surface area contributed by atoms with Crippen molar-refractivity contribution in [3.05, 3.63) is 47.6 Å². The molecular weight excluding hydrogens is 203 g/mol. The van der Waals surface area contributed by atoms with E-state index < -0.39 is 0 Å². The first-order valence-electron chi connectivity index (χ1n) is 4.43. The van der Waals surface area contributed by atoms with Crippen LogP contribution in [0.5, 0.6) is 0 Å². The van der Waals surface area contributed by atoms with Gasteiger partial charge in [-0.15, -0.1) is 0 Å². The number of rotatable bonds is 0. The van der Waals surface area contributed by atoms with Crippen molar-refractivity contribution in [1.29, 1.82) is 0 Å². The SMILES string of the molecule is CC1=CC=CC1.CC1=CC=CC1.[Ni]. The molecule has 0 nitrogen and oxygen atoms in total. The Balaban J connectivity index is 0.000000206. The smallest absolute Gasteiger partial charge is 0 e. The molecule has 74 valence electrons. The van der Waals surface area contributed by atoms with Gasteiger partial charge in [-0.3, -0.25) is 0 Å². The van der Waals surface area contributed by atoms with Gasteiger partial charge in [0.1, 0.15) is 0 Å². The Kier molecular flexibility index (Phi) is 6.62. The Morgan fingerprint density at radius 1 is 0.846 bits per heavy atom. The van der Waals surface area contributed by atoms with Gasteiger partial charge in [0, 0.05) is 16.5 Å². The monoisotopic (exact) mass is 218 g/mol. The van der Waals surface area contributed by atoms with E-state index in [0.29, 0.717) is 0 Å². The fraction of sp³-hybridized carbons (Fsp3) is 0.333. The number of allylic oxidation sites excluding steroid dienone is 8. The number of hydrogen-bond acceptors (Lipinski definition) is 0. The van der Waals surface area contributed by atoms with Gasteiger partial charge in [-0.2, -0.15) is 0 Å². The van der Waals surface area contributed by atoms with Gasteiger partial charge < -0.3 is 0 Å². The quantitative estimate of drug-likeness (QED) is 0.543. The predicted octanol–water partition coefficient (Wildman–Crippen LogP) is 3.78. The van der Waals surface area contributed by atoms with Gasteiger partial charge in [-0.1, -0.05) is 47.6 Å². The third-order valence-electron chi connectivity index (χ3n) is 1.91. The molecular formula is C12H16Ni. The van der Waals surface area contributed by atoms with E-state index in [9.17, 15) is 0 Å². The summed E-state index contributed by atoms with van der Waals surface area (Å²) in [4.78, 5) is 0. The molecule has 0 unspecified atom stereocenters. The Bertz CT molecular complexity index is 226. The van der Waals surface area contributed by atoms with Gasteiger partial charge in [0.05, 0.1) is 0 Å². The maximum Gasteiger partial charge on any atom is 0 e. The molecule has 0 saturated carbocycles. The second-order valence-corrected chi connectivity index (χ2v) is 3.29. The fourth-order valence-electron chi connectivity index (χ4n) is 1.11. The van der Waals surface area contributed by atoms with E-state index in [-0.39, 0.29) is 16.5 Å². The summed E-state index contributed by atoms with van der Waals surface area (Å²) in [6, 6.07) is 0. The summed E-state index contributed by atoms with van der Waals surface area (Å²) >= 11 is 0. The predicted molar refractivity (Wildman–Crippen MR) is 55.0 cm³/mol. The molecule has 0 heterocycles. The van der Waals surface area contributed by atoms with Crippen LogP contribution in [0.1, 0.15) is 26.7 Å². The molecule has 0 aromatic heterocycles. The van der Waals surface area contributed by atoms with Gasteiger partial charge in [0.15, 0.2) is 0 Å². The average molecular weight is 219 g/mol. The van der Waals surface area contributed by atoms with Crippen molar-refractivity contribution >= 4 is 0 Å². The van der Waals surface area contributed by atoms with Crippen molar-refractivity contribution in [3.8, 4) is 0 Å². The van der Waals surface area contributed by atoms with Crippen molar-refractivity contribution in [1.82, 2.24) is 0 Å². The first-order valence-corrected chi connectivity index (χ1v) is 4.43. The third kappa shape index (κ3) is 5.66. The molecule has 0 amide bonds. The molecule has 2 aliphatic carbocycles. The zero-order valence-electron chi connectivity index (χ0n) is 8.19. The summed E-state index contributed by atoms with van der Waals surface area (Å²) in [5, 5.41) is 0. The molecule has 0 spiro atoms. The van der Waals surface area contributed by atoms with Gasteiger partial charge in [0.2, 0.25) is 0 Å². The van der Waals surface area contributed by atoms with Crippen LogP contribution in [0.15, 0.2) is 47.6 Å². The molecule has 0 fully saturated rings. The van der Waals surface area contributed by atoms with Crippen molar-refractivity contribution in [3.63, 3.8) is 0 Å². The van der Waals surface area contributed by atoms with Crippen LogP contribution in [0.25, 0.3) is 0 Å². The molecule has 0 radical (unpaired) electrons. The summed E-state index contributed by atoms with van der Waals surface area (Å²) in [7, 11) is 0. The number of hydrogen-bond donors (Lipinski definition) is 0. The molecule has 0 aromatic carbocycles. The minimum Gasteiger partial charge on any atom is -0.0805 e. The molecule has 0 bridgehead atoms. The second kappa shape index (κ2) is 6.91. The normalized spacial score (nSPS) is 17.1. The van der Waals surface area contributed by atoms with E-state index in [4.69, 9.17) is 0 Å². The van der Waals surface area contributed by atoms with E-state index >= 15 is 0 Å². The Hall–Kier alpha value is -0.546. The Labute approximate surface area is 91.0 Å². The summed E-state index contributed by atoms with van der Waals surface area (Å²) < 4.78 is 0. The topological polar surface area (TPSA) is 0 Å². The summed E-state index contributed by atoms with van der Waals surface area (Å²) in [5.74, 6) is 0. The molecule has 0 N–H and O–H groups in total. The van der Waals surface area contributed by atoms with E-state index in [1.807, 2.05) is 0 Å². The van der Waals surface area contributed by atoms with E-state index in [1.54, 1.807) is 0 Å². The standard InChI is InChI=1S/2C6H8.Ni/c2*1-6-4-2-3-5-6;/h2*2-4H,5H2,1H3;. The van der Waals surface area contributed by atoms with Crippen molar-refractivity contribution < 1.29 is 16.5 Å². The summed E-state index contributed by atoms with van der Waals surface area (Å²) in [6.07, 6.45) is 15.1. The zero-order chi connectivity index (χ0) is 8.81. The van der Waals surface area contributed by atoms with Crippen LogP contribution in [0.3, 0.4) is 0 Å². The van der Waals surface area contributed by atoms with Crippen LogP contribution >= 0.6 is 0 Å². The molecule has 13 heavy (non-hydrogen) atoms. The van der Waals surface area contributed by atoms with Gasteiger partial charge in [-0.05, 0) is 26.7 Å². The molecule has 0 aliphatic heterocycles. The van der Waals surface area contributed by atoms with E-state index in [0.717, 1.165) is 0 Å². The molecule has 2 rings (SSSR count). The van der Waals surface area contributed by atoms with Gasteiger partial charge >= 0.3 is 0 Å². The van der Waals surface area contributed by atoms with E-state index in [2.05, 4.69) is 50.3 Å². The molecule has 2 aliphatic rings. The Morgan fingerprint density at radius 2 is 1.23 bits per heavy atom. The molecule has 0 aromatic rings. The Morgan fingerprint density at radius 3 is 1.31 bits per heavy atom. The van der Waals surface area contributed by atoms with Crippen molar-refractivity contribution in [2.45, 2.75) is 26.7 Å². The zero-order valence-corrected chi connectivity index (χ0v) is 9.18. The largest absolute Gasteiger partial charge is 0.0805 e. The van der Waals surface area contributed by atoms with Crippen LogP contribution in [-0.4, -0.2) is 0 Å². The van der Waals surface area contributed by atoms with Crippen LogP contribution in [-0.2, 0) is 16.5 Å². The van der Waals surface area contributed by atoms with Crippen molar-refractivity contribution in [2.24, 2.45) is 0 Å². The minimum absolute atomic E-state index is 0. The first-order chi connectivity index (χ1) is 5.79. The van der Waals surface area contributed by atoms with Crippen LogP contribution in [0.2, 0.25) is 0 Å². The van der Waals surface area contributed by atoms with Gasteiger partial charge in [-0.25, -0.2) is 0 Å². The average Bonchev–Trinajstić information content (AvgIpc) is 2.63. The fourth-order valence-corrected chi connectivity index (χ4v) is 1.11. The molecule has 0 atom stereocenters. The van der Waals surface area contributed by atoms with Crippen LogP contribution in [0.4, 0.5) is 0 Å². The maximum atomic E-state index is 2.16. The van der Waals surface area contributed by atoms with Crippen molar-refractivity contribution in [2.75, 3.05) is 0 Å². The van der Waals surface area contributed by atoms with E-state index in [1.165, 1.54) is 24.0 Å². The minimum atomic E-state index is 0. The first kappa shape index (κ1) is 12.5. The van der Waals surface area contributed by atoms with Crippen LogP contribution in [0, 0.1) is 0 Å². The molecule has 1 heteroatoms. The van der Waals surface area contributed by atoms with Crippen LogP contribution < -0.4 is 0 Å². The maximum absolute atomic E-state index is 2.16. The molecule has 0 saturated heterocycles.